The van der Waals surface area contributed by atoms with E-state index in [-0.39, 0.29) is 9.64 Å². The molecule has 1 aromatic rings. The summed E-state index contributed by atoms with van der Waals surface area (Å²) in [4.78, 5) is 4.41. The highest BCUT2D eigenvalue weighted by molar-refractivity contribution is 8.00. The van der Waals surface area contributed by atoms with Crippen molar-refractivity contribution in [3.05, 3.63) is 18.3 Å². The lowest BCUT2D eigenvalue weighted by atomic mass is 10.0. The van der Waals surface area contributed by atoms with Crippen molar-refractivity contribution in [2.45, 2.75) is 36.3 Å². The van der Waals surface area contributed by atoms with Gasteiger partial charge in [-0.2, -0.15) is 11.8 Å². The van der Waals surface area contributed by atoms with Crippen LogP contribution in [0.25, 0.3) is 0 Å². The van der Waals surface area contributed by atoms with Gasteiger partial charge in [0.2, 0.25) is 0 Å². The fraction of sp³-hybridized carbons (Fsp3) is 0.615. The van der Waals surface area contributed by atoms with Crippen LogP contribution in [0.4, 0.5) is 5.82 Å². The van der Waals surface area contributed by atoms with Gasteiger partial charge in [0.1, 0.15) is 10.7 Å². The monoisotopic (exact) mass is 302 g/mol. The Morgan fingerprint density at radius 2 is 2.00 bits per heavy atom. The summed E-state index contributed by atoms with van der Waals surface area (Å²) in [5.74, 6) is 0.449. The Labute approximate surface area is 120 Å². The number of nitrogens with one attached hydrogen (secondary N) is 1. The molecule has 0 saturated heterocycles. The maximum atomic E-state index is 11.7. The number of rotatable bonds is 7. The second-order valence-corrected chi connectivity index (χ2v) is 7.83. The topological polar surface area (TPSA) is 59.1 Å². The highest BCUT2D eigenvalue weighted by Crippen LogP contribution is 2.31. The lowest BCUT2D eigenvalue weighted by Crippen LogP contribution is -2.32. The Hall–Kier alpha value is -0.750. The fourth-order valence-corrected chi connectivity index (χ4v) is 3.52. The van der Waals surface area contributed by atoms with Crippen LogP contribution >= 0.6 is 11.8 Å². The van der Waals surface area contributed by atoms with Crippen LogP contribution in [0, 0.1) is 0 Å². The Bertz CT molecular complexity index is 503. The van der Waals surface area contributed by atoms with Crippen LogP contribution in [0.2, 0.25) is 0 Å². The zero-order valence-corrected chi connectivity index (χ0v) is 13.6. The summed E-state index contributed by atoms with van der Waals surface area (Å²) in [6.07, 6.45) is 6.95. The average molecular weight is 302 g/mol. The number of thioether (sulfide) groups is 1. The first kappa shape index (κ1) is 16.3. The first-order valence-electron chi connectivity index (χ1n) is 6.32. The van der Waals surface area contributed by atoms with Crippen molar-refractivity contribution in [2.24, 2.45) is 0 Å². The highest BCUT2D eigenvalue weighted by Gasteiger charge is 2.25. The third kappa shape index (κ3) is 4.11. The number of nitrogens with zero attached hydrogens (tertiary/aromatic N) is 1. The molecule has 1 rings (SSSR count). The summed E-state index contributed by atoms with van der Waals surface area (Å²) in [6.45, 7) is 5.01. The van der Waals surface area contributed by atoms with E-state index in [2.05, 4.69) is 30.4 Å². The van der Waals surface area contributed by atoms with Gasteiger partial charge in [-0.05, 0) is 31.2 Å². The molecule has 0 saturated carbocycles. The van der Waals surface area contributed by atoms with Crippen molar-refractivity contribution < 1.29 is 8.42 Å². The zero-order chi connectivity index (χ0) is 14.5. The molecule has 0 fully saturated rings. The maximum Gasteiger partial charge on any atom is 0.179 e. The maximum absolute atomic E-state index is 11.7. The average Bonchev–Trinajstić information content (AvgIpc) is 2.40. The number of hydrogen-bond acceptors (Lipinski definition) is 5. The van der Waals surface area contributed by atoms with Gasteiger partial charge in [0.05, 0.1) is 0 Å². The van der Waals surface area contributed by atoms with Crippen molar-refractivity contribution in [1.29, 1.82) is 0 Å². The van der Waals surface area contributed by atoms with Crippen LogP contribution in [0.5, 0.6) is 0 Å². The van der Waals surface area contributed by atoms with Crippen molar-refractivity contribution in [2.75, 3.05) is 24.4 Å². The molecule has 0 unspecified atom stereocenters. The minimum absolute atomic E-state index is 0.117. The Balaban J connectivity index is 2.96. The molecular formula is C13H22N2O2S2. The van der Waals surface area contributed by atoms with Crippen LogP contribution in [0.1, 0.15) is 26.7 Å². The summed E-state index contributed by atoms with van der Waals surface area (Å²) in [7, 11) is -3.25. The van der Waals surface area contributed by atoms with Gasteiger partial charge in [-0.25, -0.2) is 13.4 Å². The van der Waals surface area contributed by atoms with E-state index in [0.29, 0.717) is 12.4 Å². The molecule has 1 N–H and O–H groups in total. The third-order valence-corrected chi connectivity index (χ3v) is 6.19. The number of hydrogen-bond donors (Lipinski definition) is 1. The molecule has 19 heavy (non-hydrogen) atoms. The van der Waals surface area contributed by atoms with Gasteiger partial charge in [0.25, 0.3) is 0 Å². The van der Waals surface area contributed by atoms with Crippen molar-refractivity contribution in [3.8, 4) is 0 Å². The van der Waals surface area contributed by atoms with E-state index in [1.165, 1.54) is 6.26 Å². The quantitative estimate of drug-likeness (QED) is 0.839. The lowest BCUT2D eigenvalue weighted by Gasteiger charge is -2.30. The summed E-state index contributed by atoms with van der Waals surface area (Å²) >= 11 is 1.81. The summed E-state index contributed by atoms with van der Waals surface area (Å²) < 4.78 is 23.5. The minimum Gasteiger partial charge on any atom is -0.368 e. The van der Waals surface area contributed by atoms with E-state index in [0.717, 1.165) is 12.8 Å². The van der Waals surface area contributed by atoms with Crippen LogP contribution in [-0.2, 0) is 9.84 Å². The molecule has 0 radical (unpaired) electrons. The molecule has 0 atom stereocenters. The second-order valence-electron chi connectivity index (χ2n) is 4.57. The molecule has 0 aliphatic rings. The standard InChI is InChI=1S/C13H22N2O2S2/c1-5-13(6-2,18-3)10-15-12-11(19(4,16)17)8-7-9-14-12/h7-9H,5-6,10H2,1-4H3,(H,14,15). The Kier molecular flexibility index (Phi) is 5.67. The zero-order valence-electron chi connectivity index (χ0n) is 11.9. The van der Waals surface area contributed by atoms with Crippen LogP contribution in [-0.4, -0.2) is 37.2 Å². The van der Waals surface area contributed by atoms with E-state index < -0.39 is 9.84 Å². The molecule has 1 heterocycles. The summed E-state index contributed by atoms with van der Waals surface area (Å²) in [5.41, 5.74) is 0. The first-order valence-corrected chi connectivity index (χ1v) is 9.44. The molecule has 0 bridgehead atoms. The van der Waals surface area contributed by atoms with E-state index in [4.69, 9.17) is 0 Å². The van der Waals surface area contributed by atoms with Gasteiger partial charge >= 0.3 is 0 Å². The van der Waals surface area contributed by atoms with Gasteiger partial charge in [-0.1, -0.05) is 13.8 Å². The normalized spacial score (nSPS) is 12.4. The van der Waals surface area contributed by atoms with E-state index in [1.807, 2.05) is 11.8 Å². The fourth-order valence-electron chi connectivity index (χ4n) is 1.93. The van der Waals surface area contributed by atoms with Crippen LogP contribution < -0.4 is 5.32 Å². The predicted octanol–water partition coefficient (Wildman–Crippen LogP) is 2.82. The Morgan fingerprint density at radius 1 is 1.37 bits per heavy atom. The number of sulfone groups is 1. The smallest absolute Gasteiger partial charge is 0.179 e. The molecule has 1 aromatic heterocycles. The minimum atomic E-state index is -3.25. The highest BCUT2D eigenvalue weighted by atomic mass is 32.2. The molecule has 108 valence electrons. The van der Waals surface area contributed by atoms with Gasteiger partial charge in [-0.15, -0.1) is 0 Å². The number of anilines is 1. The number of pyridine rings is 1. The first-order chi connectivity index (χ1) is 8.88. The van der Waals surface area contributed by atoms with E-state index in [1.54, 1.807) is 18.3 Å². The van der Waals surface area contributed by atoms with Crippen molar-refractivity contribution >= 4 is 27.4 Å². The molecule has 0 spiro atoms. The molecule has 0 aliphatic heterocycles. The summed E-state index contributed by atoms with van der Waals surface area (Å²) in [5, 5.41) is 3.20. The number of aromatic nitrogens is 1. The largest absolute Gasteiger partial charge is 0.368 e. The molecule has 6 heteroatoms. The van der Waals surface area contributed by atoms with E-state index in [9.17, 15) is 8.42 Å². The van der Waals surface area contributed by atoms with E-state index >= 15 is 0 Å². The second kappa shape index (κ2) is 6.61. The predicted molar refractivity (Wildman–Crippen MR) is 82.7 cm³/mol. The van der Waals surface area contributed by atoms with Crippen LogP contribution in [0.3, 0.4) is 0 Å². The molecular weight excluding hydrogens is 280 g/mol. The van der Waals surface area contributed by atoms with Gasteiger partial charge in [-0.3, -0.25) is 0 Å². The molecule has 0 aliphatic carbocycles. The van der Waals surface area contributed by atoms with Gasteiger partial charge in [0, 0.05) is 23.7 Å². The van der Waals surface area contributed by atoms with Gasteiger partial charge in [0.15, 0.2) is 9.84 Å². The Morgan fingerprint density at radius 3 is 2.47 bits per heavy atom. The molecule has 0 amide bonds. The SMILES string of the molecule is CCC(CC)(CNc1ncccc1S(C)(=O)=O)SC. The lowest BCUT2D eigenvalue weighted by molar-refractivity contribution is 0.572. The van der Waals surface area contributed by atoms with Gasteiger partial charge < -0.3 is 5.32 Å². The van der Waals surface area contributed by atoms with Crippen molar-refractivity contribution in [1.82, 2.24) is 4.98 Å². The molecule has 4 nitrogen and oxygen atoms in total. The van der Waals surface area contributed by atoms with Crippen molar-refractivity contribution in [3.63, 3.8) is 0 Å². The molecule has 0 aromatic carbocycles. The van der Waals surface area contributed by atoms with Crippen LogP contribution in [0.15, 0.2) is 23.2 Å². The third-order valence-electron chi connectivity index (χ3n) is 3.47. The summed E-state index contributed by atoms with van der Waals surface area (Å²) in [6, 6.07) is 3.23.